The number of ether oxygens (including phenoxy) is 1. The highest BCUT2D eigenvalue weighted by atomic mass is 19.1. The zero-order valence-electron chi connectivity index (χ0n) is 15.4. The maximum atomic E-state index is 13.5. The Hall–Kier alpha value is -2.21. The van der Waals surface area contributed by atoms with Crippen molar-refractivity contribution in [2.24, 2.45) is 5.92 Å². The fraction of sp³-hybridized carbons (Fsp3) is 0.500. The highest BCUT2D eigenvalue weighted by Gasteiger charge is 2.31. The molecule has 0 saturated carbocycles. The molecular formula is C20H26FN3O2. The molecule has 1 aliphatic heterocycles. The second kappa shape index (κ2) is 8.45. The van der Waals surface area contributed by atoms with E-state index in [0.29, 0.717) is 26.1 Å². The molecule has 1 fully saturated rings. The zero-order valence-corrected chi connectivity index (χ0v) is 15.4. The Labute approximate surface area is 153 Å². The Morgan fingerprint density at radius 2 is 2.27 bits per heavy atom. The molecule has 2 heterocycles. The SMILES string of the molecule is CCc1nccn1CC(=O)N1CC[C@@H](OC)[C@H](Cc2cccc(F)c2)C1. The van der Waals surface area contributed by atoms with Crippen molar-refractivity contribution in [3.8, 4) is 0 Å². The van der Waals surface area contributed by atoms with Crippen LogP contribution in [0.5, 0.6) is 0 Å². The number of hydrogen-bond donors (Lipinski definition) is 0. The van der Waals surface area contributed by atoms with Crippen LogP contribution in [0.25, 0.3) is 0 Å². The maximum Gasteiger partial charge on any atom is 0.242 e. The molecule has 3 rings (SSSR count). The molecule has 140 valence electrons. The first kappa shape index (κ1) is 18.6. The van der Waals surface area contributed by atoms with Gasteiger partial charge >= 0.3 is 0 Å². The van der Waals surface area contributed by atoms with E-state index in [-0.39, 0.29) is 23.7 Å². The number of halogens is 1. The predicted octanol–water partition coefficient (Wildman–Crippen LogP) is 2.69. The Kier molecular flexibility index (Phi) is 6.04. The lowest BCUT2D eigenvalue weighted by Gasteiger charge is -2.38. The number of aromatic nitrogens is 2. The van der Waals surface area contributed by atoms with E-state index in [4.69, 9.17) is 4.74 Å². The number of amides is 1. The molecule has 0 aliphatic carbocycles. The maximum absolute atomic E-state index is 13.5. The minimum absolute atomic E-state index is 0.0850. The van der Waals surface area contributed by atoms with Crippen molar-refractivity contribution in [2.75, 3.05) is 20.2 Å². The summed E-state index contributed by atoms with van der Waals surface area (Å²) < 4.78 is 21.0. The van der Waals surface area contributed by atoms with Crippen molar-refractivity contribution in [1.82, 2.24) is 14.5 Å². The molecule has 6 heteroatoms. The van der Waals surface area contributed by atoms with Gasteiger partial charge < -0.3 is 14.2 Å². The van der Waals surface area contributed by atoms with E-state index < -0.39 is 0 Å². The number of carbonyl (C=O) groups excluding carboxylic acids is 1. The van der Waals surface area contributed by atoms with Crippen LogP contribution in [-0.4, -0.2) is 46.7 Å². The normalized spacial score (nSPS) is 20.3. The van der Waals surface area contributed by atoms with Crippen molar-refractivity contribution in [2.45, 2.75) is 38.8 Å². The summed E-state index contributed by atoms with van der Waals surface area (Å²) in [4.78, 5) is 18.9. The van der Waals surface area contributed by atoms with Gasteiger partial charge in [0.25, 0.3) is 0 Å². The topological polar surface area (TPSA) is 47.4 Å². The van der Waals surface area contributed by atoms with Crippen LogP contribution < -0.4 is 0 Å². The molecule has 0 N–H and O–H groups in total. The molecule has 0 bridgehead atoms. The van der Waals surface area contributed by atoms with Gasteiger partial charge in [-0.15, -0.1) is 0 Å². The first-order valence-electron chi connectivity index (χ1n) is 9.15. The Bertz CT molecular complexity index is 746. The molecule has 1 aliphatic rings. The number of imidazole rings is 1. The highest BCUT2D eigenvalue weighted by molar-refractivity contribution is 5.76. The Morgan fingerprint density at radius 3 is 3.00 bits per heavy atom. The predicted molar refractivity (Wildman–Crippen MR) is 97.2 cm³/mol. The summed E-state index contributed by atoms with van der Waals surface area (Å²) in [6.07, 6.45) is 5.97. The monoisotopic (exact) mass is 359 g/mol. The molecule has 1 saturated heterocycles. The molecule has 5 nitrogen and oxygen atoms in total. The van der Waals surface area contributed by atoms with E-state index >= 15 is 0 Å². The average Bonchev–Trinajstić information content (AvgIpc) is 3.08. The second-order valence-corrected chi connectivity index (χ2v) is 6.82. The number of carbonyl (C=O) groups is 1. The summed E-state index contributed by atoms with van der Waals surface area (Å²) in [6.45, 7) is 3.66. The number of piperidine rings is 1. The zero-order chi connectivity index (χ0) is 18.5. The van der Waals surface area contributed by atoms with Crippen LogP contribution in [0.3, 0.4) is 0 Å². The minimum Gasteiger partial charge on any atom is -0.381 e. The Morgan fingerprint density at radius 1 is 1.42 bits per heavy atom. The molecular weight excluding hydrogens is 333 g/mol. The number of nitrogens with zero attached hydrogens (tertiary/aromatic N) is 3. The summed E-state index contributed by atoms with van der Waals surface area (Å²) in [7, 11) is 1.71. The largest absolute Gasteiger partial charge is 0.381 e. The van der Waals surface area contributed by atoms with Crippen molar-refractivity contribution in [1.29, 1.82) is 0 Å². The van der Waals surface area contributed by atoms with Crippen LogP contribution >= 0.6 is 0 Å². The van der Waals surface area contributed by atoms with Gasteiger partial charge in [-0.2, -0.15) is 0 Å². The molecule has 1 aromatic heterocycles. The number of methoxy groups -OCH3 is 1. The van der Waals surface area contributed by atoms with Crippen LogP contribution in [0.2, 0.25) is 0 Å². The quantitative estimate of drug-likeness (QED) is 0.797. The van der Waals surface area contributed by atoms with Gasteiger partial charge in [0.05, 0.1) is 6.10 Å². The van der Waals surface area contributed by atoms with E-state index in [1.807, 2.05) is 28.7 Å². The number of hydrogen-bond acceptors (Lipinski definition) is 3. The summed E-state index contributed by atoms with van der Waals surface area (Å²) in [6, 6.07) is 6.66. The van der Waals surface area contributed by atoms with E-state index in [0.717, 1.165) is 24.2 Å². The van der Waals surface area contributed by atoms with Crippen molar-refractivity contribution < 1.29 is 13.9 Å². The smallest absolute Gasteiger partial charge is 0.242 e. The minimum atomic E-state index is -0.229. The van der Waals surface area contributed by atoms with Crippen LogP contribution in [0.1, 0.15) is 24.7 Å². The summed E-state index contributed by atoms with van der Waals surface area (Å²) in [5.41, 5.74) is 0.939. The fourth-order valence-electron chi connectivity index (χ4n) is 3.75. The van der Waals surface area contributed by atoms with Crippen molar-refractivity contribution in [3.05, 3.63) is 53.9 Å². The molecule has 0 unspecified atom stereocenters. The van der Waals surface area contributed by atoms with Gasteiger partial charge in [0, 0.05) is 44.9 Å². The summed E-state index contributed by atoms with van der Waals surface area (Å²) in [5, 5.41) is 0. The van der Waals surface area contributed by atoms with Gasteiger partial charge in [-0.1, -0.05) is 19.1 Å². The first-order valence-corrected chi connectivity index (χ1v) is 9.15. The van der Waals surface area contributed by atoms with Gasteiger partial charge in [-0.25, -0.2) is 9.37 Å². The standard InChI is InChI=1S/C20H26FN3O2/c1-3-19-22-8-10-23(19)14-20(25)24-9-7-18(26-2)16(13-24)11-15-5-4-6-17(21)12-15/h4-6,8,10,12,16,18H,3,7,9,11,13-14H2,1-2H3/t16-,18-/m1/s1. The number of aryl methyl sites for hydroxylation is 1. The van der Waals surface area contributed by atoms with Gasteiger partial charge in [-0.3, -0.25) is 4.79 Å². The molecule has 1 aromatic carbocycles. The van der Waals surface area contributed by atoms with E-state index in [9.17, 15) is 9.18 Å². The average molecular weight is 359 g/mol. The molecule has 26 heavy (non-hydrogen) atoms. The summed E-state index contributed by atoms with van der Waals surface area (Å²) >= 11 is 0. The van der Waals surface area contributed by atoms with Gasteiger partial charge in [0.15, 0.2) is 0 Å². The molecule has 2 atom stereocenters. The van der Waals surface area contributed by atoms with Crippen molar-refractivity contribution >= 4 is 5.91 Å². The van der Waals surface area contributed by atoms with E-state index in [1.54, 1.807) is 25.4 Å². The van der Waals surface area contributed by atoms with Crippen LogP contribution in [0.15, 0.2) is 36.7 Å². The van der Waals surface area contributed by atoms with Crippen LogP contribution in [-0.2, 0) is 28.9 Å². The van der Waals surface area contributed by atoms with Gasteiger partial charge in [-0.05, 0) is 30.5 Å². The highest BCUT2D eigenvalue weighted by Crippen LogP contribution is 2.24. The molecule has 0 spiro atoms. The third-order valence-electron chi connectivity index (χ3n) is 5.13. The number of likely N-dealkylation sites (tertiary alicyclic amines) is 1. The Balaban J connectivity index is 1.67. The van der Waals surface area contributed by atoms with E-state index in [1.165, 1.54) is 6.07 Å². The van der Waals surface area contributed by atoms with Crippen molar-refractivity contribution in [3.63, 3.8) is 0 Å². The first-order chi connectivity index (χ1) is 12.6. The number of rotatable bonds is 6. The lowest BCUT2D eigenvalue weighted by molar-refractivity contribution is -0.136. The lowest BCUT2D eigenvalue weighted by Crippen LogP contribution is -2.48. The fourth-order valence-corrected chi connectivity index (χ4v) is 3.75. The summed E-state index contributed by atoms with van der Waals surface area (Å²) in [5.74, 6) is 0.943. The molecule has 1 amide bonds. The van der Waals surface area contributed by atoms with Crippen LogP contribution in [0.4, 0.5) is 4.39 Å². The van der Waals surface area contributed by atoms with Gasteiger partial charge in [0.2, 0.25) is 5.91 Å². The third kappa shape index (κ3) is 4.30. The lowest BCUT2D eigenvalue weighted by atomic mass is 9.88. The van der Waals surface area contributed by atoms with Gasteiger partial charge in [0.1, 0.15) is 18.2 Å². The molecule has 2 aromatic rings. The number of benzene rings is 1. The molecule has 0 radical (unpaired) electrons. The second-order valence-electron chi connectivity index (χ2n) is 6.82. The van der Waals surface area contributed by atoms with E-state index in [2.05, 4.69) is 4.98 Å². The third-order valence-corrected chi connectivity index (χ3v) is 5.13. The van der Waals surface area contributed by atoms with Crippen LogP contribution in [0, 0.1) is 11.7 Å².